The van der Waals surface area contributed by atoms with Crippen LogP contribution in [0.4, 0.5) is 0 Å². The third-order valence-corrected chi connectivity index (χ3v) is 4.25. The van der Waals surface area contributed by atoms with E-state index in [1.807, 2.05) is 13.0 Å². The number of carboxylic acid groups (broad SMARTS) is 1. The second-order valence-electron chi connectivity index (χ2n) is 4.50. The van der Waals surface area contributed by atoms with Gasteiger partial charge in [0.05, 0.1) is 6.10 Å². The largest absolute Gasteiger partial charge is 0.477 e. The molecule has 18 heavy (non-hydrogen) atoms. The van der Waals surface area contributed by atoms with Crippen LogP contribution in [-0.4, -0.2) is 41.8 Å². The van der Waals surface area contributed by atoms with Crippen molar-refractivity contribution in [2.24, 2.45) is 0 Å². The molecule has 0 amide bonds. The molecule has 1 saturated heterocycles. The highest BCUT2D eigenvalue weighted by Gasteiger charge is 2.19. The lowest BCUT2D eigenvalue weighted by Gasteiger charge is -2.31. The normalized spacial score (nSPS) is 18.1. The third-order valence-electron chi connectivity index (χ3n) is 3.19. The second-order valence-corrected chi connectivity index (χ2v) is 5.67. The van der Waals surface area contributed by atoms with Crippen LogP contribution in [0.3, 0.4) is 0 Å². The van der Waals surface area contributed by atoms with Crippen molar-refractivity contribution in [1.82, 2.24) is 4.90 Å². The number of hydrogen-bond donors (Lipinski definition) is 1. The van der Waals surface area contributed by atoms with Crippen molar-refractivity contribution in [3.8, 4) is 0 Å². The molecular weight excluding hydrogens is 250 g/mol. The number of aromatic carboxylic acids is 1. The van der Waals surface area contributed by atoms with Crippen LogP contribution in [0, 0.1) is 0 Å². The van der Waals surface area contributed by atoms with E-state index >= 15 is 0 Å². The van der Waals surface area contributed by atoms with Crippen LogP contribution in [-0.2, 0) is 11.3 Å². The Hall–Kier alpha value is -0.910. The molecule has 1 aromatic heterocycles. The van der Waals surface area contributed by atoms with Crippen molar-refractivity contribution in [1.29, 1.82) is 0 Å². The molecule has 0 aliphatic carbocycles. The van der Waals surface area contributed by atoms with E-state index in [1.54, 1.807) is 6.07 Å². The summed E-state index contributed by atoms with van der Waals surface area (Å²) in [5, 5.41) is 8.88. The van der Waals surface area contributed by atoms with Crippen molar-refractivity contribution in [2.75, 3.05) is 19.7 Å². The number of carbonyl (C=O) groups is 1. The summed E-state index contributed by atoms with van der Waals surface area (Å²) in [6.45, 7) is 5.75. The maximum absolute atomic E-state index is 10.8. The minimum atomic E-state index is -0.832. The van der Waals surface area contributed by atoms with Crippen LogP contribution in [0.25, 0.3) is 0 Å². The third kappa shape index (κ3) is 3.54. The maximum Gasteiger partial charge on any atom is 0.345 e. The summed E-state index contributed by atoms with van der Waals surface area (Å²) in [7, 11) is 0. The maximum atomic E-state index is 10.8. The lowest BCUT2D eigenvalue weighted by atomic mass is 10.1. The highest BCUT2D eigenvalue weighted by Crippen LogP contribution is 2.21. The van der Waals surface area contributed by atoms with E-state index in [0.717, 1.165) is 44.0 Å². The molecule has 5 heteroatoms. The molecule has 100 valence electrons. The predicted molar refractivity (Wildman–Crippen MR) is 71.2 cm³/mol. The van der Waals surface area contributed by atoms with Crippen molar-refractivity contribution in [3.63, 3.8) is 0 Å². The lowest BCUT2D eigenvalue weighted by molar-refractivity contribution is 0.0127. The van der Waals surface area contributed by atoms with Gasteiger partial charge in [-0.2, -0.15) is 0 Å². The van der Waals surface area contributed by atoms with Gasteiger partial charge >= 0.3 is 5.97 Å². The summed E-state index contributed by atoms with van der Waals surface area (Å²) in [5.74, 6) is -0.832. The van der Waals surface area contributed by atoms with Gasteiger partial charge in [-0.1, -0.05) is 0 Å². The molecule has 2 rings (SSSR count). The molecule has 1 fully saturated rings. The summed E-state index contributed by atoms with van der Waals surface area (Å²) < 4.78 is 5.62. The number of nitrogens with zero attached hydrogens (tertiary/aromatic N) is 1. The molecule has 2 heterocycles. The van der Waals surface area contributed by atoms with Crippen LogP contribution in [0.1, 0.15) is 34.3 Å². The Labute approximate surface area is 111 Å². The van der Waals surface area contributed by atoms with Gasteiger partial charge in [0.2, 0.25) is 0 Å². The Kier molecular flexibility index (Phi) is 4.74. The van der Waals surface area contributed by atoms with E-state index in [0.29, 0.717) is 11.0 Å². The van der Waals surface area contributed by atoms with E-state index in [4.69, 9.17) is 9.84 Å². The number of likely N-dealkylation sites (tertiary alicyclic amines) is 1. The van der Waals surface area contributed by atoms with Crippen LogP contribution in [0.15, 0.2) is 12.1 Å². The first-order valence-electron chi connectivity index (χ1n) is 6.35. The number of hydrogen-bond acceptors (Lipinski definition) is 4. The zero-order valence-electron chi connectivity index (χ0n) is 10.6. The summed E-state index contributed by atoms with van der Waals surface area (Å²) >= 11 is 1.37. The van der Waals surface area contributed by atoms with Gasteiger partial charge in [0.1, 0.15) is 4.88 Å². The Morgan fingerprint density at radius 3 is 2.78 bits per heavy atom. The van der Waals surface area contributed by atoms with Gasteiger partial charge in [0.25, 0.3) is 0 Å². The van der Waals surface area contributed by atoms with E-state index in [1.165, 1.54) is 11.3 Å². The van der Waals surface area contributed by atoms with Gasteiger partial charge in [0, 0.05) is 31.1 Å². The quantitative estimate of drug-likeness (QED) is 0.892. The molecular formula is C13H19NO3S. The van der Waals surface area contributed by atoms with Gasteiger partial charge < -0.3 is 9.84 Å². The first kappa shape index (κ1) is 13.5. The van der Waals surface area contributed by atoms with Gasteiger partial charge in [-0.05, 0) is 31.9 Å². The van der Waals surface area contributed by atoms with E-state index in [9.17, 15) is 4.79 Å². The Morgan fingerprint density at radius 2 is 2.22 bits per heavy atom. The molecule has 0 aromatic carbocycles. The topological polar surface area (TPSA) is 49.8 Å². The number of carboxylic acids is 1. The van der Waals surface area contributed by atoms with Crippen molar-refractivity contribution in [2.45, 2.75) is 32.4 Å². The first-order valence-corrected chi connectivity index (χ1v) is 7.16. The summed E-state index contributed by atoms with van der Waals surface area (Å²) in [6.07, 6.45) is 2.56. The molecule has 1 N–H and O–H groups in total. The predicted octanol–water partition coefficient (Wildman–Crippen LogP) is 2.45. The van der Waals surface area contributed by atoms with Gasteiger partial charge in [-0.3, -0.25) is 4.90 Å². The van der Waals surface area contributed by atoms with Crippen molar-refractivity contribution >= 4 is 17.3 Å². The highest BCUT2D eigenvalue weighted by molar-refractivity contribution is 7.13. The van der Waals surface area contributed by atoms with Crippen molar-refractivity contribution in [3.05, 3.63) is 21.9 Å². The van der Waals surface area contributed by atoms with E-state index < -0.39 is 5.97 Å². The standard InChI is InChI=1S/C13H19NO3S/c1-2-17-10-5-7-14(8-6-10)9-11-3-4-12(18-11)13(15)16/h3-4,10H,2,5-9H2,1H3,(H,15,16). The Morgan fingerprint density at radius 1 is 1.50 bits per heavy atom. The molecule has 0 radical (unpaired) electrons. The summed E-state index contributed by atoms with van der Waals surface area (Å²) in [4.78, 5) is 14.7. The number of thiophene rings is 1. The average molecular weight is 269 g/mol. The second kappa shape index (κ2) is 6.31. The Bertz CT molecular complexity index is 397. The fourth-order valence-corrected chi connectivity index (χ4v) is 3.16. The molecule has 4 nitrogen and oxygen atoms in total. The molecule has 0 atom stereocenters. The molecule has 0 bridgehead atoms. The number of piperidine rings is 1. The Balaban J connectivity index is 1.82. The van der Waals surface area contributed by atoms with Crippen LogP contribution >= 0.6 is 11.3 Å². The molecule has 0 spiro atoms. The van der Waals surface area contributed by atoms with Crippen LogP contribution in [0.5, 0.6) is 0 Å². The van der Waals surface area contributed by atoms with E-state index in [-0.39, 0.29) is 0 Å². The first-order chi connectivity index (χ1) is 8.69. The van der Waals surface area contributed by atoms with E-state index in [2.05, 4.69) is 4.90 Å². The van der Waals surface area contributed by atoms with Gasteiger partial charge in [0.15, 0.2) is 0 Å². The minimum absolute atomic E-state index is 0.407. The highest BCUT2D eigenvalue weighted by atomic mass is 32.1. The fraction of sp³-hybridized carbons (Fsp3) is 0.615. The van der Waals surface area contributed by atoms with Crippen molar-refractivity contribution < 1.29 is 14.6 Å². The lowest BCUT2D eigenvalue weighted by Crippen LogP contribution is -2.36. The summed E-state index contributed by atoms with van der Waals surface area (Å²) in [5.41, 5.74) is 0. The zero-order chi connectivity index (χ0) is 13.0. The molecule has 1 aliphatic heterocycles. The zero-order valence-corrected chi connectivity index (χ0v) is 11.4. The smallest absolute Gasteiger partial charge is 0.345 e. The van der Waals surface area contributed by atoms with Gasteiger partial charge in [-0.15, -0.1) is 11.3 Å². The SMILES string of the molecule is CCOC1CCN(Cc2ccc(C(=O)O)s2)CC1. The monoisotopic (exact) mass is 269 g/mol. The van der Waals surface area contributed by atoms with Crippen LogP contribution in [0.2, 0.25) is 0 Å². The van der Waals surface area contributed by atoms with Crippen LogP contribution < -0.4 is 0 Å². The number of ether oxygens (including phenoxy) is 1. The molecule has 1 aliphatic rings. The summed E-state index contributed by atoms with van der Waals surface area (Å²) in [6, 6.07) is 3.61. The average Bonchev–Trinajstić information content (AvgIpc) is 2.81. The minimum Gasteiger partial charge on any atom is -0.477 e. The fourth-order valence-electron chi connectivity index (χ4n) is 2.27. The molecule has 0 unspecified atom stereocenters. The molecule has 1 aromatic rings. The van der Waals surface area contributed by atoms with Gasteiger partial charge in [-0.25, -0.2) is 4.79 Å². The number of rotatable bonds is 5. The molecule has 0 saturated carbocycles.